The maximum absolute atomic E-state index is 14.3. The van der Waals surface area contributed by atoms with E-state index in [2.05, 4.69) is 26.0 Å². The molecular formula is C22H27NO6. The molecule has 7 heteroatoms. The van der Waals surface area contributed by atoms with Crippen molar-refractivity contribution in [2.24, 2.45) is 17.8 Å². The molecule has 6 rings (SSSR count). The van der Waals surface area contributed by atoms with E-state index in [1.807, 2.05) is 0 Å². The average molecular weight is 401 g/mol. The van der Waals surface area contributed by atoms with Crippen LogP contribution in [-0.4, -0.2) is 47.7 Å². The normalized spacial score (nSPS) is 54.0. The summed E-state index contributed by atoms with van der Waals surface area (Å²) in [6.07, 6.45) is 6.61. The molecular weight excluding hydrogens is 374 g/mol. The molecule has 7 nitrogen and oxygen atoms in total. The van der Waals surface area contributed by atoms with Crippen molar-refractivity contribution in [3.63, 3.8) is 0 Å². The van der Waals surface area contributed by atoms with E-state index in [0.717, 1.165) is 19.3 Å². The van der Waals surface area contributed by atoms with Crippen LogP contribution in [0.3, 0.4) is 0 Å². The van der Waals surface area contributed by atoms with E-state index in [4.69, 9.17) is 18.9 Å². The molecule has 6 aliphatic heterocycles. The van der Waals surface area contributed by atoms with Crippen molar-refractivity contribution in [3.8, 4) is 0 Å². The zero-order chi connectivity index (χ0) is 20.3. The third kappa shape index (κ3) is 1.65. The predicted octanol–water partition coefficient (Wildman–Crippen LogP) is 2.88. The number of carbonyl (C=O) groups excluding carboxylic acids is 1. The quantitative estimate of drug-likeness (QED) is 0.313. The summed E-state index contributed by atoms with van der Waals surface area (Å²) in [5.41, 5.74) is -0.105. The first-order valence-electron chi connectivity index (χ1n) is 10.7. The number of cyclic esters (lactones) is 1. The van der Waals surface area contributed by atoms with Gasteiger partial charge in [0.15, 0.2) is 11.3 Å². The molecule has 6 aliphatic rings. The lowest BCUT2D eigenvalue weighted by Crippen LogP contribution is -2.68. The van der Waals surface area contributed by atoms with Gasteiger partial charge in [0.2, 0.25) is 11.5 Å². The first-order valence-corrected chi connectivity index (χ1v) is 10.7. The number of hydrogen-bond donors (Lipinski definition) is 0. The maximum Gasteiger partial charge on any atom is 0.343 e. The minimum Gasteiger partial charge on any atom is -0.632 e. The molecule has 0 N–H and O–H groups in total. The van der Waals surface area contributed by atoms with Crippen LogP contribution >= 0.6 is 0 Å². The summed E-state index contributed by atoms with van der Waals surface area (Å²) in [5, 5.41) is 14.3. The van der Waals surface area contributed by atoms with E-state index < -0.39 is 17.3 Å². The fourth-order valence-corrected chi connectivity index (χ4v) is 7.53. The average Bonchev–Trinajstić information content (AvgIpc) is 3.37. The first-order chi connectivity index (χ1) is 13.9. The SMILES string of the molecule is CC/C=C/[C@@]12[C@@H]3C[C@H]4[C@H]5[C@H](C)/C(=C6/OC(=O)C(C)=C6OC)O[C@]5(O3)[C@@H]1CC[N+]42[O-]. The Morgan fingerprint density at radius 1 is 1.41 bits per heavy atom. The Labute approximate surface area is 170 Å². The van der Waals surface area contributed by atoms with Gasteiger partial charge in [-0.3, -0.25) is 0 Å². The molecule has 0 aliphatic carbocycles. The molecule has 0 aromatic carbocycles. The highest BCUT2D eigenvalue weighted by Crippen LogP contribution is 2.75. The molecule has 6 heterocycles. The number of quaternary nitrogens is 1. The molecule has 156 valence electrons. The number of carbonyl (C=O) groups is 1. The number of piperidine rings is 1. The van der Waals surface area contributed by atoms with Gasteiger partial charge in [-0.05, 0) is 19.4 Å². The summed E-state index contributed by atoms with van der Waals surface area (Å²) in [6, 6.07) is -0.0599. The number of methoxy groups -OCH3 is 1. The second kappa shape index (κ2) is 5.25. The summed E-state index contributed by atoms with van der Waals surface area (Å²) < 4.78 is 24.1. The van der Waals surface area contributed by atoms with Gasteiger partial charge in [0.25, 0.3) is 0 Å². The van der Waals surface area contributed by atoms with Gasteiger partial charge in [-0.15, -0.1) is 0 Å². The van der Waals surface area contributed by atoms with Crippen LogP contribution in [0.15, 0.2) is 35.0 Å². The van der Waals surface area contributed by atoms with E-state index in [-0.39, 0.29) is 34.5 Å². The van der Waals surface area contributed by atoms with Gasteiger partial charge in [0.05, 0.1) is 31.1 Å². The van der Waals surface area contributed by atoms with E-state index in [1.165, 1.54) is 7.11 Å². The number of fused-ring (bicyclic) bond motifs is 1. The maximum atomic E-state index is 14.3. The number of allylic oxidation sites excluding steroid dienone is 2. The van der Waals surface area contributed by atoms with Gasteiger partial charge in [-0.1, -0.05) is 19.9 Å². The van der Waals surface area contributed by atoms with Crippen molar-refractivity contribution in [1.29, 1.82) is 0 Å². The second-order valence-electron chi connectivity index (χ2n) is 9.35. The minimum atomic E-state index is -0.808. The third-order valence-electron chi connectivity index (χ3n) is 8.48. The molecule has 8 atom stereocenters. The summed E-state index contributed by atoms with van der Waals surface area (Å²) >= 11 is 0. The van der Waals surface area contributed by atoms with Gasteiger partial charge >= 0.3 is 5.97 Å². The Kier molecular flexibility index (Phi) is 3.26. The Morgan fingerprint density at radius 2 is 2.21 bits per heavy atom. The van der Waals surface area contributed by atoms with Crippen LogP contribution in [0.5, 0.6) is 0 Å². The molecule has 0 aromatic rings. The number of ether oxygens (including phenoxy) is 4. The topological polar surface area (TPSA) is 77.1 Å². The number of rotatable bonds is 3. The Morgan fingerprint density at radius 3 is 2.93 bits per heavy atom. The summed E-state index contributed by atoms with van der Waals surface area (Å²) in [6.45, 7) is 6.47. The lowest BCUT2D eigenvalue weighted by atomic mass is 9.70. The summed E-state index contributed by atoms with van der Waals surface area (Å²) in [4.78, 5) is 12.2. The van der Waals surface area contributed by atoms with E-state index in [1.54, 1.807) is 6.92 Å². The zero-order valence-electron chi connectivity index (χ0n) is 17.3. The van der Waals surface area contributed by atoms with Crippen molar-refractivity contribution in [2.75, 3.05) is 13.7 Å². The monoisotopic (exact) mass is 401 g/mol. The van der Waals surface area contributed by atoms with E-state index >= 15 is 0 Å². The summed E-state index contributed by atoms with van der Waals surface area (Å²) in [5.74, 6) is 0.0336. The highest BCUT2D eigenvalue weighted by atomic mass is 16.7. The lowest BCUT2D eigenvalue weighted by Gasteiger charge is -2.56. The molecule has 0 aromatic heterocycles. The number of nitrogens with zero attached hydrogens (tertiary/aromatic N) is 1. The lowest BCUT2D eigenvalue weighted by molar-refractivity contribution is -0.931. The molecule has 1 spiro atoms. The molecule has 0 radical (unpaired) electrons. The van der Waals surface area contributed by atoms with Crippen molar-refractivity contribution < 1.29 is 28.4 Å². The van der Waals surface area contributed by atoms with Crippen molar-refractivity contribution in [2.45, 2.75) is 63.5 Å². The van der Waals surface area contributed by atoms with Gasteiger partial charge < -0.3 is 28.8 Å². The minimum absolute atomic E-state index is 0.0118. The number of hydrogen-bond acceptors (Lipinski definition) is 6. The van der Waals surface area contributed by atoms with Crippen LogP contribution in [0.1, 0.15) is 40.0 Å². The van der Waals surface area contributed by atoms with Gasteiger partial charge in [0.1, 0.15) is 17.9 Å². The van der Waals surface area contributed by atoms with Crippen LogP contribution in [0.2, 0.25) is 0 Å². The molecule has 5 bridgehead atoms. The van der Waals surface area contributed by atoms with Crippen LogP contribution in [0, 0.1) is 23.0 Å². The molecule has 0 saturated carbocycles. The van der Waals surface area contributed by atoms with E-state index in [9.17, 15) is 10.0 Å². The highest BCUT2D eigenvalue weighted by molar-refractivity contribution is 5.93. The Balaban J connectivity index is 1.52. The Hall–Kier alpha value is -1.83. The standard InChI is InChI=1S/C22H27NO6/c1-5-6-8-21-14-7-9-23(21,25)13-10-15(21)28-22(14)16(13)11(2)18(29-22)19-17(26-4)12(3)20(24)27-19/h6,8,11,13-16H,5,7,9-10H2,1-4H3/b8-6+,19-18-/t11-,13-,14+,15-,16+,21-,22+,23?/m0/s1. The fourth-order valence-electron chi connectivity index (χ4n) is 7.53. The molecule has 5 saturated heterocycles. The van der Waals surface area contributed by atoms with Gasteiger partial charge in [0, 0.05) is 18.8 Å². The highest BCUT2D eigenvalue weighted by Gasteiger charge is 2.89. The van der Waals surface area contributed by atoms with Crippen LogP contribution in [0.4, 0.5) is 0 Å². The summed E-state index contributed by atoms with van der Waals surface area (Å²) in [7, 11) is 1.53. The first kappa shape index (κ1) is 18.0. The molecule has 0 amide bonds. The number of hydroxylamine groups is 3. The molecule has 5 fully saturated rings. The molecule has 29 heavy (non-hydrogen) atoms. The van der Waals surface area contributed by atoms with Crippen molar-refractivity contribution in [1.82, 2.24) is 0 Å². The largest absolute Gasteiger partial charge is 0.632 e. The van der Waals surface area contributed by atoms with E-state index in [0.29, 0.717) is 29.4 Å². The van der Waals surface area contributed by atoms with Gasteiger partial charge in [-0.25, -0.2) is 4.79 Å². The fraction of sp³-hybridized carbons (Fsp3) is 0.682. The second-order valence-corrected chi connectivity index (χ2v) is 9.35. The Bertz CT molecular complexity index is 922. The van der Waals surface area contributed by atoms with Gasteiger partial charge in [-0.2, -0.15) is 0 Å². The van der Waals surface area contributed by atoms with Crippen molar-refractivity contribution in [3.05, 3.63) is 40.2 Å². The number of esters is 1. The van der Waals surface area contributed by atoms with Crippen LogP contribution in [0.25, 0.3) is 0 Å². The third-order valence-corrected chi connectivity index (χ3v) is 8.48. The van der Waals surface area contributed by atoms with Crippen molar-refractivity contribution >= 4 is 5.97 Å². The smallest absolute Gasteiger partial charge is 0.343 e. The van der Waals surface area contributed by atoms with Crippen LogP contribution < -0.4 is 0 Å². The molecule has 1 unspecified atom stereocenters. The zero-order valence-corrected chi connectivity index (χ0v) is 17.3. The van der Waals surface area contributed by atoms with Crippen LogP contribution in [-0.2, 0) is 23.7 Å². The predicted molar refractivity (Wildman–Crippen MR) is 101 cm³/mol.